The van der Waals surface area contributed by atoms with Gasteiger partial charge in [0, 0.05) is 25.2 Å². The standard InChI is InChI=1S/C18H20N2O2/c1-2-22-17-7-5-14(6-8-17)18(21)20-10-13-3-4-15-11-19-12-16(15)9-13/h3-9,19H,2,10-12H2,1H3,(H,20,21). The van der Waals surface area contributed by atoms with Crippen molar-refractivity contribution in [1.82, 2.24) is 10.6 Å². The third kappa shape index (κ3) is 3.28. The van der Waals surface area contributed by atoms with Crippen LogP contribution >= 0.6 is 0 Å². The van der Waals surface area contributed by atoms with Gasteiger partial charge in [0.2, 0.25) is 0 Å². The molecule has 2 aromatic rings. The minimum atomic E-state index is -0.0679. The maximum absolute atomic E-state index is 12.2. The fourth-order valence-corrected chi connectivity index (χ4v) is 2.61. The van der Waals surface area contributed by atoms with Crippen LogP contribution < -0.4 is 15.4 Å². The van der Waals surface area contributed by atoms with E-state index in [1.807, 2.05) is 19.1 Å². The molecule has 3 rings (SSSR count). The second-order valence-electron chi connectivity index (χ2n) is 5.35. The first-order valence-electron chi connectivity index (χ1n) is 7.58. The summed E-state index contributed by atoms with van der Waals surface area (Å²) in [6.07, 6.45) is 0. The summed E-state index contributed by atoms with van der Waals surface area (Å²) < 4.78 is 5.37. The first kappa shape index (κ1) is 14.6. The van der Waals surface area contributed by atoms with Gasteiger partial charge in [-0.2, -0.15) is 0 Å². The van der Waals surface area contributed by atoms with E-state index in [0.717, 1.165) is 24.4 Å². The summed E-state index contributed by atoms with van der Waals surface area (Å²) in [6.45, 7) is 4.95. The van der Waals surface area contributed by atoms with E-state index in [-0.39, 0.29) is 5.91 Å². The molecule has 2 N–H and O–H groups in total. The van der Waals surface area contributed by atoms with E-state index in [4.69, 9.17) is 4.74 Å². The maximum Gasteiger partial charge on any atom is 0.251 e. The SMILES string of the molecule is CCOc1ccc(C(=O)NCc2ccc3c(c2)CNC3)cc1. The van der Waals surface area contributed by atoms with Gasteiger partial charge in [0.15, 0.2) is 0 Å². The predicted molar refractivity (Wildman–Crippen MR) is 85.8 cm³/mol. The molecule has 114 valence electrons. The van der Waals surface area contributed by atoms with Crippen LogP contribution in [0.25, 0.3) is 0 Å². The van der Waals surface area contributed by atoms with Crippen molar-refractivity contribution >= 4 is 5.91 Å². The Morgan fingerprint density at radius 1 is 1.14 bits per heavy atom. The summed E-state index contributed by atoms with van der Waals surface area (Å²) in [5, 5.41) is 6.28. The summed E-state index contributed by atoms with van der Waals surface area (Å²) in [7, 11) is 0. The fraction of sp³-hybridized carbons (Fsp3) is 0.278. The lowest BCUT2D eigenvalue weighted by molar-refractivity contribution is 0.0951. The van der Waals surface area contributed by atoms with Crippen LogP contribution in [0, 0.1) is 0 Å². The van der Waals surface area contributed by atoms with Crippen LogP contribution in [0.2, 0.25) is 0 Å². The van der Waals surface area contributed by atoms with Crippen molar-refractivity contribution in [2.24, 2.45) is 0 Å². The van der Waals surface area contributed by atoms with Gasteiger partial charge in [-0.3, -0.25) is 4.79 Å². The molecule has 1 aliphatic heterocycles. The summed E-state index contributed by atoms with van der Waals surface area (Å²) in [6, 6.07) is 13.6. The Hall–Kier alpha value is -2.33. The van der Waals surface area contributed by atoms with E-state index in [2.05, 4.69) is 28.8 Å². The Bertz CT molecular complexity index is 665. The Morgan fingerprint density at radius 3 is 2.68 bits per heavy atom. The van der Waals surface area contributed by atoms with Crippen LogP contribution in [0.3, 0.4) is 0 Å². The molecule has 0 unspecified atom stereocenters. The highest BCUT2D eigenvalue weighted by Crippen LogP contribution is 2.17. The quantitative estimate of drug-likeness (QED) is 0.892. The number of hydrogen-bond donors (Lipinski definition) is 2. The van der Waals surface area contributed by atoms with E-state index >= 15 is 0 Å². The average Bonchev–Trinajstić information content (AvgIpc) is 3.01. The van der Waals surface area contributed by atoms with Crippen LogP contribution in [0.15, 0.2) is 42.5 Å². The lowest BCUT2D eigenvalue weighted by Crippen LogP contribution is -2.22. The molecule has 0 aliphatic carbocycles. The maximum atomic E-state index is 12.2. The van der Waals surface area contributed by atoms with E-state index in [0.29, 0.717) is 18.7 Å². The lowest BCUT2D eigenvalue weighted by Gasteiger charge is -2.08. The van der Waals surface area contributed by atoms with E-state index in [9.17, 15) is 4.79 Å². The molecular formula is C18H20N2O2. The van der Waals surface area contributed by atoms with Gasteiger partial charge >= 0.3 is 0 Å². The van der Waals surface area contributed by atoms with Gasteiger partial charge in [-0.05, 0) is 47.9 Å². The zero-order valence-corrected chi connectivity index (χ0v) is 12.7. The molecule has 0 bridgehead atoms. The van der Waals surface area contributed by atoms with Crippen molar-refractivity contribution in [2.45, 2.75) is 26.6 Å². The van der Waals surface area contributed by atoms with E-state index < -0.39 is 0 Å². The number of carbonyl (C=O) groups excluding carboxylic acids is 1. The van der Waals surface area contributed by atoms with Crippen molar-refractivity contribution in [3.05, 3.63) is 64.7 Å². The zero-order valence-electron chi connectivity index (χ0n) is 12.7. The molecule has 22 heavy (non-hydrogen) atoms. The Balaban J connectivity index is 1.60. The van der Waals surface area contributed by atoms with Gasteiger partial charge in [0.25, 0.3) is 5.91 Å². The number of rotatable bonds is 5. The Kier molecular flexibility index (Phi) is 4.39. The summed E-state index contributed by atoms with van der Waals surface area (Å²) >= 11 is 0. The van der Waals surface area contributed by atoms with Crippen molar-refractivity contribution < 1.29 is 9.53 Å². The van der Waals surface area contributed by atoms with Gasteiger partial charge in [-0.15, -0.1) is 0 Å². The monoisotopic (exact) mass is 296 g/mol. The van der Waals surface area contributed by atoms with Crippen LogP contribution in [0.5, 0.6) is 5.75 Å². The number of ether oxygens (including phenoxy) is 1. The lowest BCUT2D eigenvalue weighted by atomic mass is 10.1. The molecule has 1 heterocycles. The third-order valence-corrected chi connectivity index (χ3v) is 3.78. The first-order valence-corrected chi connectivity index (χ1v) is 7.58. The predicted octanol–water partition coefficient (Wildman–Crippen LogP) is 2.62. The minimum absolute atomic E-state index is 0.0679. The Labute approximate surface area is 130 Å². The van der Waals surface area contributed by atoms with Gasteiger partial charge < -0.3 is 15.4 Å². The average molecular weight is 296 g/mol. The van der Waals surface area contributed by atoms with Crippen molar-refractivity contribution in [2.75, 3.05) is 6.61 Å². The summed E-state index contributed by atoms with van der Waals surface area (Å²) in [5.74, 6) is 0.715. The highest BCUT2D eigenvalue weighted by Gasteiger charge is 2.11. The highest BCUT2D eigenvalue weighted by molar-refractivity contribution is 5.94. The number of fused-ring (bicyclic) bond motifs is 1. The summed E-state index contributed by atoms with van der Waals surface area (Å²) in [4.78, 5) is 12.2. The molecule has 4 heteroatoms. The smallest absolute Gasteiger partial charge is 0.251 e. The van der Waals surface area contributed by atoms with Crippen LogP contribution in [0.1, 0.15) is 34.0 Å². The number of benzene rings is 2. The van der Waals surface area contributed by atoms with Crippen molar-refractivity contribution in [3.8, 4) is 5.75 Å². The first-order chi connectivity index (χ1) is 10.8. The van der Waals surface area contributed by atoms with Gasteiger partial charge in [-0.1, -0.05) is 18.2 Å². The second kappa shape index (κ2) is 6.62. The van der Waals surface area contributed by atoms with Crippen LogP contribution in [0.4, 0.5) is 0 Å². The fourth-order valence-electron chi connectivity index (χ4n) is 2.61. The molecular weight excluding hydrogens is 276 g/mol. The van der Waals surface area contributed by atoms with Gasteiger partial charge in [-0.25, -0.2) is 0 Å². The van der Waals surface area contributed by atoms with Gasteiger partial charge in [0.05, 0.1) is 6.61 Å². The van der Waals surface area contributed by atoms with Crippen molar-refractivity contribution in [3.63, 3.8) is 0 Å². The Morgan fingerprint density at radius 2 is 1.91 bits per heavy atom. The molecule has 0 radical (unpaired) electrons. The molecule has 0 atom stereocenters. The second-order valence-corrected chi connectivity index (χ2v) is 5.35. The van der Waals surface area contributed by atoms with Gasteiger partial charge in [0.1, 0.15) is 5.75 Å². The molecule has 0 spiro atoms. The van der Waals surface area contributed by atoms with E-state index in [1.165, 1.54) is 11.1 Å². The molecule has 4 nitrogen and oxygen atoms in total. The summed E-state index contributed by atoms with van der Waals surface area (Å²) in [5.41, 5.74) is 4.45. The normalized spacial score (nSPS) is 12.8. The largest absolute Gasteiger partial charge is 0.494 e. The molecule has 0 saturated heterocycles. The number of nitrogens with one attached hydrogen (secondary N) is 2. The highest BCUT2D eigenvalue weighted by atomic mass is 16.5. The van der Waals surface area contributed by atoms with Crippen LogP contribution in [-0.4, -0.2) is 12.5 Å². The zero-order chi connectivity index (χ0) is 15.4. The van der Waals surface area contributed by atoms with Crippen LogP contribution in [-0.2, 0) is 19.6 Å². The van der Waals surface area contributed by atoms with E-state index in [1.54, 1.807) is 12.1 Å². The number of hydrogen-bond acceptors (Lipinski definition) is 3. The topological polar surface area (TPSA) is 50.4 Å². The molecule has 0 fully saturated rings. The molecule has 2 aromatic carbocycles. The molecule has 1 aliphatic rings. The third-order valence-electron chi connectivity index (χ3n) is 3.78. The number of amides is 1. The molecule has 0 aromatic heterocycles. The minimum Gasteiger partial charge on any atom is -0.494 e. The number of carbonyl (C=O) groups is 1. The molecule has 0 saturated carbocycles. The van der Waals surface area contributed by atoms with Crippen molar-refractivity contribution in [1.29, 1.82) is 0 Å². The molecule has 1 amide bonds.